The molecule has 2 rings (SSSR count). The molecule has 462 valence electrons. The van der Waals surface area contributed by atoms with Crippen LogP contribution in [0.4, 0.5) is 0 Å². The molecule has 0 aliphatic carbocycles. The van der Waals surface area contributed by atoms with Crippen LogP contribution in [0.5, 0.6) is 0 Å². The van der Waals surface area contributed by atoms with Crippen LogP contribution in [0.1, 0.15) is 135 Å². The lowest BCUT2D eigenvalue weighted by molar-refractivity contribution is -0.133. The van der Waals surface area contributed by atoms with Gasteiger partial charge >= 0.3 is 0 Å². The second kappa shape index (κ2) is 41.0. The van der Waals surface area contributed by atoms with Gasteiger partial charge in [0.15, 0.2) is 17.9 Å². The number of hydrogen-bond donors (Lipinski definition) is 15. The summed E-state index contributed by atoms with van der Waals surface area (Å²) < 4.78 is 0. The Labute approximate surface area is 489 Å². The molecule has 0 aliphatic heterocycles. The zero-order valence-corrected chi connectivity index (χ0v) is 49.1. The van der Waals surface area contributed by atoms with E-state index in [9.17, 15) is 38.4 Å². The Bertz CT molecular complexity index is 2380. The molecule has 0 saturated carbocycles. The molecule has 2 aromatic rings. The van der Waals surface area contributed by atoms with Crippen LogP contribution < -0.4 is 82.7 Å². The summed E-state index contributed by atoms with van der Waals surface area (Å²) in [6, 6.07) is 11.0. The number of benzene rings is 2. The van der Waals surface area contributed by atoms with Crippen LogP contribution in [0.3, 0.4) is 0 Å². The molecule has 26 heteroatoms. The number of nitrogens with zero attached hydrogens (tertiary/aromatic N) is 3. The number of nitrogens with one attached hydrogen (secondary N) is 8. The van der Waals surface area contributed by atoms with E-state index in [4.69, 9.17) is 40.1 Å². The second-order valence-corrected chi connectivity index (χ2v) is 21.1. The predicted molar refractivity (Wildman–Crippen MR) is 323 cm³/mol. The summed E-state index contributed by atoms with van der Waals surface area (Å²) in [5.41, 5.74) is 40.5. The largest absolute Gasteiger partial charge is 0.370 e. The maximum atomic E-state index is 14.4. The van der Waals surface area contributed by atoms with Gasteiger partial charge in [-0.25, -0.2) is 0 Å². The van der Waals surface area contributed by atoms with E-state index in [0.717, 1.165) is 43.2 Å². The first kappa shape index (κ1) is 71.1. The first-order chi connectivity index (χ1) is 39.6. The van der Waals surface area contributed by atoms with Crippen molar-refractivity contribution in [2.45, 2.75) is 179 Å². The van der Waals surface area contributed by atoms with Gasteiger partial charge in [-0.05, 0) is 81.8 Å². The fraction of sp³-hybridized carbons (Fsp3) is 0.596. The number of carbonyl (C=O) groups excluding carboxylic acids is 8. The van der Waals surface area contributed by atoms with E-state index in [1.54, 1.807) is 24.3 Å². The Hall–Kier alpha value is -8.03. The highest BCUT2D eigenvalue weighted by molar-refractivity contribution is 5.95. The molecule has 0 saturated heterocycles. The summed E-state index contributed by atoms with van der Waals surface area (Å²) in [5.74, 6) is -5.31. The first-order valence-electron chi connectivity index (χ1n) is 28.9. The van der Waals surface area contributed by atoms with Gasteiger partial charge in [-0.15, -0.1) is 0 Å². The number of hydrogen-bond acceptors (Lipinski definition) is 12. The minimum absolute atomic E-state index is 0.0000856. The summed E-state index contributed by atoms with van der Waals surface area (Å²) in [6.07, 6.45) is 9.32. The number of carbonyl (C=O) groups is 8. The number of amides is 8. The molecule has 26 nitrogen and oxygen atoms in total. The average Bonchev–Trinajstić information content (AvgIpc) is 3.46. The Morgan fingerprint density at radius 2 is 0.916 bits per heavy atom. The Morgan fingerprint density at radius 3 is 1.43 bits per heavy atom. The third-order valence-corrected chi connectivity index (χ3v) is 13.2. The summed E-state index contributed by atoms with van der Waals surface area (Å²) in [6.45, 7) is 7.39. The highest BCUT2D eigenvalue weighted by atomic mass is 16.2. The SMILES string of the molecule is CCCCCCCCCC(=O)N[C@@H](CCCN=C(N)N)C(=O)N[C@@H](C)C(=O)N[C@@H](CCCN=C(N)N)C(=O)N[C@@H](CCCN=C(N)N)CN[C@@H](Cc1ccccc1)C(=O)N[C@@H](CC(C)C)C(=O)NCC(=O)N[C@@H](Cc1ccccc1)C(N)=O. The molecule has 83 heavy (non-hydrogen) atoms. The van der Waals surface area contributed by atoms with Crippen molar-refractivity contribution in [3.05, 3.63) is 71.8 Å². The number of unbranched alkanes of at least 4 members (excludes halogenated alkanes) is 6. The van der Waals surface area contributed by atoms with Gasteiger partial charge in [-0.2, -0.15) is 0 Å². The third-order valence-electron chi connectivity index (χ3n) is 13.2. The fourth-order valence-corrected chi connectivity index (χ4v) is 8.78. The van der Waals surface area contributed by atoms with Crippen molar-refractivity contribution in [2.75, 3.05) is 32.7 Å². The highest BCUT2D eigenvalue weighted by Gasteiger charge is 2.31. The maximum Gasteiger partial charge on any atom is 0.243 e. The number of guanidine groups is 3. The van der Waals surface area contributed by atoms with E-state index in [1.807, 2.05) is 50.2 Å². The van der Waals surface area contributed by atoms with Gasteiger partial charge in [-0.1, -0.05) is 120 Å². The molecule has 8 amide bonds. The van der Waals surface area contributed by atoms with Gasteiger partial charge in [0.25, 0.3) is 0 Å². The molecular formula is C57H96N18O8. The standard InChI is InChI=1S/C57H96N18O8/c1-5-6-7-8-9-10-17-28-47(76)72-42(26-19-30-66-56(61)62)52(81)70-38(4)50(79)74-43(27-20-31-67-57(63)64)53(82)71-41(25-18-29-65-55(59)60)35-68-45(34-40-23-15-12-16-24-40)54(83)75-46(32-37(2)3)51(80)69-36-48(77)73-44(49(58)78)33-39-21-13-11-14-22-39/h11-16,21-24,37-38,41-46,68H,5-10,17-20,25-36H2,1-4H3,(H2,58,78)(H,69,80)(H,70,81)(H,71,82)(H,72,76)(H,73,77)(H,74,79)(H,75,83)(H4,59,60,65)(H4,61,62,66)(H4,63,64,67)/t38-,41-,42-,43-,44-,45-,46-/m0/s1. The van der Waals surface area contributed by atoms with Gasteiger partial charge < -0.3 is 82.7 Å². The Kier molecular flexibility index (Phi) is 35.1. The summed E-state index contributed by atoms with van der Waals surface area (Å²) in [4.78, 5) is 121. The van der Waals surface area contributed by atoms with Crippen LogP contribution in [-0.2, 0) is 51.2 Å². The summed E-state index contributed by atoms with van der Waals surface area (Å²) in [5, 5.41) is 22.6. The summed E-state index contributed by atoms with van der Waals surface area (Å²) in [7, 11) is 0. The molecule has 0 aliphatic rings. The second-order valence-electron chi connectivity index (χ2n) is 21.1. The minimum atomic E-state index is -1.18. The van der Waals surface area contributed by atoms with Crippen molar-refractivity contribution in [1.82, 2.24) is 42.5 Å². The van der Waals surface area contributed by atoms with Crippen molar-refractivity contribution in [1.29, 1.82) is 0 Å². The average molecular weight is 1160 g/mol. The van der Waals surface area contributed by atoms with Gasteiger partial charge in [0.2, 0.25) is 47.3 Å². The van der Waals surface area contributed by atoms with Crippen molar-refractivity contribution in [3.8, 4) is 0 Å². The van der Waals surface area contributed by atoms with Crippen LogP contribution in [0, 0.1) is 5.92 Å². The first-order valence-corrected chi connectivity index (χ1v) is 28.9. The normalized spacial score (nSPS) is 13.5. The van der Waals surface area contributed by atoms with Gasteiger partial charge in [0.1, 0.15) is 30.2 Å². The lowest BCUT2D eigenvalue weighted by Gasteiger charge is -2.28. The van der Waals surface area contributed by atoms with Crippen molar-refractivity contribution in [2.24, 2.45) is 61.0 Å². The maximum absolute atomic E-state index is 14.4. The number of aliphatic imine (C=N–C) groups is 3. The number of primary amides is 1. The van der Waals surface area contributed by atoms with Crippen LogP contribution >= 0.6 is 0 Å². The van der Waals surface area contributed by atoms with Crippen LogP contribution in [0.15, 0.2) is 75.6 Å². The smallest absolute Gasteiger partial charge is 0.243 e. The van der Waals surface area contributed by atoms with E-state index >= 15 is 0 Å². The topological polar surface area (TPSA) is 452 Å². The van der Waals surface area contributed by atoms with Crippen LogP contribution in [0.2, 0.25) is 0 Å². The third kappa shape index (κ3) is 32.9. The monoisotopic (exact) mass is 1160 g/mol. The van der Waals surface area contributed by atoms with Gasteiger partial charge in [0, 0.05) is 45.1 Å². The Morgan fingerprint density at radius 1 is 0.458 bits per heavy atom. The zero-order valence-electron chi connectivity index (χ0n) is 49.1. The lowest BCUT2D eigenvalue weighted by Crippen LogP contribution is -2.58. The number of rotatable bonds is 43. The molecule has 0 fully saturated rings. The van der Waals surface area contributed by atoms with Gasteiger partial charge in [-0.3, -0.25) is 53.3 Å². The minimum Gasteiger partial charge on any atom is -0.370 e. The highest BCUT2D eigenvalue weighted by Crippen LogP contribution is 2.12. The molecular weight excluding hydrogens is 1060 g/mol. The summed E-state index contributed by atoms with van der Waals surface area (Å²) >= 11 is 0. The molecule has 0 bridgehead atoms. The van der Waals surface area contributed by atoms with Crippen molar-refractivity contribution < 1.29 is 38.4 Å². The molecule has 0 radical (unpaired) electrons. The van der Waals surface area contributed by atoms with Gasteiger partial charge in [0.05, 0.1) is 12.6 Å². The van der Waals surface area contributed by atoms with E-state index in [-0.39, 0.29) is 107 Å². The molecule has 7 atom stereocenters. The number of nitrogens with two attached hydrogens (primary N) is 7. The zero-order chi connectivity index (χ0) is 61.5. The fourth-order valence-electron chi connectivity index (χ4n) is 8.78. The predicted octanol–water partition coefficient (Wildman–Crippen LogP) is -0.692. The van der Waals surface area contributed by atoms with Crippen molar-refractivity contribution in [3.63, 3.8) is 0 Å². The van der Waals surface area contributed by atoms with Crippen LogP contribution in [-0.4, -0.2) is 140 Å². The lowest BCUT2D eigenvalue weighted by atomic mass is 10.0. The Balaban J connectivity index is 2.35. The molecule has 2 aromatic carbocycles. The molecule has 0 heterocycles. The molecule has 22 N–H and O–H groups in total. The van der Waals surface area contributed by atoms with E-state index in [0.29, 0.717) is 19.3 Å². The van der Waals surface area contributed by atoms with E-state index in [1.165, 1.54) is 13.3 Å². The van der Waals surface area contributed by atoms with E-state index in [2.05, 4.69) is 64.4 Å². The van der Waals surface area contributed by atoms with Crippen molar-refractivity contribution >= 4 is 65.1 Å². The van der Waals surface area contributed by atoms with Crippen LogP contribution in [0.25, 0.3) is 0 Å². The molecule has 0 aromatic heterocycles. The molecule has 0 unspecified atom stereocenters. The molecule has 0 spiro atoms. The van der Waals surface area contributed by atoms with E-state index < -0.39 is 90.2 Å². The quantitative estimate of drug-likeness (QED) is 0.0222.